The van der Waals surface area contributed by atoms with Gasteiger partial charge in [0.25, 0.3) is 11.7 Å². The van der Waals surface area contributed by atoms with E-state index in [1.54, 1.807) is 16.3 Å². The summed E-state index contributed by atoms with van der Waals surface area (Å²) in [6.45, 7) is 4.69. The first-order chi connectivity index (χ1) is 15.4. The number of esters is 1. The van der Waals surface area contributed by atoms with Gasteiger partial charge >= 0.3 is 5.97 Å². The van der Waals surface area contributed by atoms with E-state index >= 15 is 0 Å². The molecule has 168 valence electrons. The Bertz CT molecular complexity index is 1190. The molecule has 1 N–H and O–H groups in total. The third kappa shape index (κ3) is 4.38. The number of hydrogen-bond acceptors (Lipinski definition) is 8. The van der Waals surface area contributed by atoms with E-state index in [-0.39, 0.29) is 18.1 Å². The highest BCUT2D eigenvalue weighted by atomic mass is 32.2. The quantitative estimate of drug-likeness (QED) is 0.325. The van der Waals surface area contributed by atoms with Gasteiger partial charge in [-0.2, -0.15) is 4.98 Å². The molecule has 0 aromatic carbocycles. The van der Waals surface area contributed by atoms with Crippen molar-refractivity contribution >= 4 is 35.2 Å². The van der Waals surface area contributed by atoms with E-state index in [9.17, 15) is 14.4 Å². The molecule has 11 heteroatoms. The number of ether oxygens (including phenoxy) is 1. The number of Topliss-reactive ketones (excluding diaryl/α,β-unsaturated/α-hetero) is 1. The first-order valence-electron chi connectivity index (χ1n) is 10.3. The Hall–Kier alpha value is -3.21. The first-order valence-corrected chi connectivity index (χ1v) is 11.5. The predicted octanol–water partition coefficient (Wildman–Crippen LogP) is 2.00. The van der Waals surface area contributed by atoms with Crippen LogP contribution in [0.25, 0.3) is 5.78 Å². The second kappa shape index (κ2) is 9.11. The second-order valence-corrected chi connectivity index (χ2v) is 8.41. The molecule has 0 spiro atoms. The molecule has 1 amide bonds. The van der Waals surface area contributed by atoms with Crippen LogP contribution in [0, 0.1) is 13.8 Å². The molecule has 0 radical (unpaired) electrons. The number of aromatic nitrogens is 5. The molecule has 4 heterocycles. The molecule has 10 nitrogen and oxygen atoms in total. The standard InChI is InChI=1S/C21H24N6O4S/c1-12-15(13(2)27-20(23-12)24-21(25-27)32-3)9-18(29)31-11-17(28)14-8-16(22-10-14)19(30)26-6-4-5-7-26/h8,10,22H,4-7,9,11H2,1-3H3. The minimum absolute atomic E-state index is 0.0336. The normalized spacial score (nSPS) is 13.7. The number of nitrogens with zero attached hydrogens (tertiary/aromatic N) is 5. The summed E-state index contributed by atoms with van der Waals surface area (Å²) >= 11 is 1.41. The number of likely N-dealkylation sites (tertiary alicyclic amines) is 1. The first kappa shape index (κ1) is 22.0. The maximum atomic E-state index is 12.4. The molecule has 0 atom stereocenters. The zero-order valence-corrected chi connectivity index (χ0v) is 19.0. The number of aryl methyl sites for hydroxylation is 2. The number of fused-ring (bicyclic) bond motifs is 1. The minimum Gasteiger partial charge on any atom is -0.457 e. The van der Waals surface area contributed by atoms with Crippen molar-refractivity contribution in [2.75, 3.05) is 26.0 Å². The lowest BCUT2D eigenvalue weighted by Gasteiger charge is -2.13. The molecule has 1 aliphatic rings. The van der Waals surface area contributed by atoms with Gasteiger partial charge in [-0.15, -0.1) is 5.10 Å². The van der Waals surface area contributed by atoms with Crippen LogP contribution in [0.15, 0.2) is 17.4 Å². The van der Waals surface area contributed by atoms with Crippen LogP contribution in [0.4, 0.5) is 0 Å². The van der Waals surface area contributed by atoms with Crippen molar-refractivity contribution in [3.8, 4) is 0 Å². The minimum atomic E-state index is -0.542. The number of nitrogens with one attached hydrogen (secondary N) is 1. The molecule has 3 aromatic rings. The van der Waals surface area contributed by atoms with Crippen molar-refractivity contribution in [3.63, 3.8) is 0 Å². The van der Waals surface area contributed by atoms with E-state index in [0.717, 1.165) is 31.6 Å². The number of carbonyl (C=O) groups is 3. The van der Waals surface area contributed by atoms with Crippen LogP contribution < -0.4 is 0 Å². The summed E-state index contributed by atoms with van der Waals surface area (Å²) in [5.41, 5.74) is 2.77. The molecule has 0 unspecified atom stereocenters. The van der Waals surface area contributed by atoms with Gasteiger partial charge in [-0.1, -0.05) is 11.8 Å². The van der Waals surface area contributed by atoms with Gasteiger partial charge in [0.2, 0.25) is 10.9 Å². The molecule has 0 saturated carbocycles. The van der Waals surface area contributed by atoms with Crippen LogP contribution in [-0.2, 0) is 16.0 Å². The summed E-state index contributed by atoms with van der Waals surface area (Å²) in [5, 5.41) is 4.96. The number of rotatable bonds is 7. The zero-order valence-electron chi connectivity index (χ0n) is 18.2. The van der Waals surface area contributed by atoms with Crippen molar-refractivity contribution in [2.24, 2.45) is 0 Å². The topological polar surface area (TPSA) is 123 Å². The van der Waals surface area contributed by atoms with Crippen LogP contribution in [0.5, 0.6) is 0 Å². The van der Waals surface area contributed by atoms with E-state index < -0.39 is 12.6 Å². The number of aromatic amines is 1. The van der Waals surface area contributed by atoms with Gasteiger partial charge in [-0.05, 0) is 39.0 Å². The Morgan fingerprint density at radius 3 is 2.66 bits per heavy atom. The summed E-state index contributed by atoms with van der Waals surface area (Å²) in [7, 11) is 0. The maximum Gasteiger partial charge on any atom is 0.310 e. The molecule has 4 rings (SSSR count). The Kier molecular flexibility index (Phi) is 6.26. The lowest BCUT2D eigenvalue weighted by atomic mass is 10.1. The van der Waals surface area contributed by atoms with Crippen molar-refractivity contribution in [3.05, 3.63) is 40.5 Å². The molecular formula is C21H24N6O4S. The van der Waals surface area contributed by atoms with Crippen molar-refractivity contribution in [1.29, 1.82) is 0 Å². The van der Waals surface area contributed by atoms with Gasteiger partial charge in [0.1, 0.15) is 5.69 Å². The fourth-order valence-corrected chi connectivity index (χ4v) is 4.06. The lowest BCUT2D eigenvalue weighted by Crippen LogP contribution is -2.27. The van der Waals surface area contributed by atoms with E-state index in [1.165, 1.54) is 24.0 Å². The van der Waals surface area contributed by atoms with E-state index in [2.05, 4.69) is 20.1 Å². The predicted molar refractivity (Wildman–Crippen MR) is 117 cm³/mol. The summed E-state index contributed by atoms with van der Waals surface area (Å²) in [4.78, 5) is 50.6. The molecule has 1 fully saturated rings. The number of amides is 1. The highest BCUT2D eigenvalue weighted by molar-refractivity contribution is 7.98. The molecule has 32 heavy (non-hydrogen) atoms. The third-order valence-corrected chi connectivity index (χ3v) is 6.06. The molecule has 0 bridgehead atoms. The van der Waals surface area contributed by atoms with Gasteiger partial charge in [0, 0.05) is 41.8 Å². The third-order valence-electron chi connectivity index (χ3n) is 5.53. The molecule has 0 aliphatic carbocycles. The van der Waals surface area contributed by atoms with Crippen LogP contribution in [-0.4, -0.2) is 73.1 Å². The number of H-pyrrole nitrogens is 1. The van der Waals surface area contributed by atoms with Gasteiger partial charge in [-0.25, -0.2) is 9.50 Å². The molecule has 3 aromatic heterocycles. The average molecular weight is 457 g/mol. The Balaban J connectivity index is 1.38. The van der Waals surface area contributed by atoms with Crippen molar-refractivity contribution in [1.82, 2.24) is 29.5 Å². The number of carbonyl (C=O) groups excluding carboxylic acids is 3. The van der Waals surface area contributed by atoms with Crippen LogP contribution >= 0.6 is 11.8 Å². The van der Waals surface area contributed by atoms with Crippen LogP contribution in [0.1, 0.15) is 50.6 Å². The number of ketones is 1. The average Bonchev–Trinajstić information content (AvgIpc) is 3.54. The summed E-state index contributed by atoms with van der Waals surface area (Å²) in [6.07, 6.45) is 5.30. The van der Waals surface area contributed by atoms with E-state index in [4.69, 9.17) is 4.74 Å². The number of hydrogen-bond donors (Lipinski definition) is 1. The summed E-state index contributed by atoms with van der Waals surface area (Å²) in [5.74, 6) is -0.564. The van der Waals surface area contributed by atoms with Crippen LogP contribution in [0.3, 0.4) is 0 Å². The highest BCUT2D eigenvalue weighted by Gasteiger charge is 2.22. The fourth-order valence-electron chi connectivity index (χ4n) is 3.73. The molecular weight excluding hydrogens is 432 g/mol. The highest BCUT2D eigenvalue weighted by Crippen LogP contribution is 2.18. The lowest BCUT2D eigenvalue weighted by molar-refractivity contribution is -0.141. The monoisotopic (exact) mass is 456 g/mol. The summed E-state index contributed by atoms with van der Waals surface area (Å²) < 4.78 is 6.81. The summed E-state index contributed by atoms with van der Waals surface area (Å²) in [6, 6.07) is 1.51. The van der Waals surface area contributed by atoms with Crippen LogP contribution in [0.2, 0.25) is 0 Å². The van der Waals surface area contributed by atoms with Gasteiger partial charge in [-0.3, -0.25) is 14.4 Å². The van der Waals surface area contributed by atoms with Gasteiger partial charge in [0.05, 0.1) is 6.42 Å². The Morgan fingerprint density at radius 2 is 1.94 bits per heavy atom. The van der Waals surface area contributed by atoms with Gasteiger partial charge in [0.15, 0.2) is 6.61 Å². The maximum absolute atomic E-state index is 12.4. The molecule has 1 aliphatic heterocycles. The van der Waals surface area contributed by atoms with Gasteiger partial charge < -0.3 is 14.6 Å². The van der Waals surface area contributed by atoms with E-state index in [1.807, 2.05) is 13.2 Å². The Labute approximate surface area is 188 Å². The SMILES string of the molecule is CSc1nc2nc(C)c(CC(=O)OCC(=O)c3c[nH]c(C(=O)N4CCCC4)c3)c(C)n2n1. The largest absolute Gasteiger partial charge is 0.457 e. The fraction of sp³-hybridized carbons (Fsp3) is 0.429. The van der Waals surface area contributed by atoms with Crippen molar-refractivity contribution < 1.29 is 19.1 Å². The zero-order chi connectivity index (χ0) is 22.8. The van der Waals surface area contributed by atoms with E-state index in [0.29, 0.717) is 33.4 Å². The Morgan fingerprint density at radius 1 is 1.19 bits per heavy atom. The second-order valence-electron chi connectivity index (χ2n) is 7.63. The number of thioether (sulfide) groups is 1. The molecule has 1 saturated heterocycles. The van der Waals surface area contributed by atoms with Crippen molar-refractivity contribution in [2.45, 2.75) is 38.3 Å². The smallest absolute Gasteiger partial charge is 0.310 e.